The van der Waals surface area contributed by atoms with E-state index in [2.05, 4.69) is 22.3 Å². The van der Waals surface area contributed by atoms with Crippen molar-refractivity contribution in [2.24, 2.45) is 0 Å². The molecular weight excluding hydrogens is 592 g/mol. The number of likely N-dealkylation sites (tertiary alicyclic amines) is 1. The van der Waals surface area contributed by atoms with Crippen LogP contribution in [0, 0.1) is 0 Å². The summed E-state index contributed by atoms with van der Waals surface area (Å²) in [5.41, 5.74) is 2.98. The molecule has 0 spiro atoms. The van der Waals surface area contributed by atoms with E-state index in [-0.39, 0.29) is 29.4 Å². The van der Waals surface area contributed by atoms with Gasteiger partial charge in [0.2, 0.25) is 11.8 Å². The van der Waals surface area contributed by atoms with Crippen LogP contribution in [-0.4, -0.2) is 66.3 Å². The van der Waals surface area contributed by atoms with Crippen LogP contribution in [-0.2, 0) is 22.6 Å². The van der Waals surface area contributed by atoms with Gasteiger partial charge in [0.25, 0.3) is 5.91 Å². The lowest BCUT2D eigenvalue weighted by atomic mass is 10.0. The summed E-state index contributed by atoms with van der Waals surface area (Å²) in [6, 6.07) is 22.3. The number of hydrogen-bond acceptors (Lipinski definition) is 6. The number of amides is 3. The minimum Gasteiger partial charge on any atom is -0.451 e. The Morgan fingerprint density at radius 2 is 1.64 bits per heavy atom. The SMILES string of the molecule is O=C(N[C@H](Cc1ccc(Cl)cc1)C(=O)N1CCCN(c2ccccc2CN2CCCC2=O)CC1)c1cc(=O)c2ccccc2o1. The van der Waals surface area contributed by atoms with Crippen LogP contribution in [0.25, 0.3) is 11.0 Å². The second kappa shape index (κ2) is 13.6. The number of para-hydroxylation sites is 2. The van der Waals surface area contributed by atoms with Gasteiger partial charge in [0, 0.05) is 68.9 Å². The van der Waals surface area contributed by atoms with Gasteiger partial charge in [-0.05, 0) is 54.3 Å². The van der Waals surface area contributed by atoms with E-state index in [1.54, 1.807) is 41.3 Å². The van der Waals surface area contributed by atoms with Crippen LogP contribution in [0.3, 0.4) is 0 Å². The summed E-state index contributed by atoms with van der Waals surface area (Å²) in [5, 5.41) is 3.81. The molecule has 232 valence electrons. The Kier molecular flexibility index (Phi) is 9.16. The minimum absolute atomic E-state index is 0.150. The van der Waals surface area contributed by atoms with Gasteiger partial charge in [-0.25, -0.2) is 0 Å². The monoisotopic (exact) mass is 626 g/mol. The number of fused-ring (bicyclic) bond motifs is 1. The molecule has 0 saturated carbocycles. The lowest BCUT2D eigenvalue weighted by molar-refractivity contribution is -0.133. The molecule has 1 aromatic heterocycles. The van der Waals surface area contributed by atoms with Gasteiger partial charge in [-0.3, -0.25) is 19.2 Å². The van der Waals surface area contributed by atoms with E-state index in [4.69, 9.17) is 16.0 Å². The summed E-state index contributed by atoms with van der Waals surface area (Å²) >= 11 is 6.10. The predicted molar refractivity (Wildman–Crippen MR) is 173 cm³/mol. The highest BCUT2D eigenvalue weighted by Crippen LogP contribution is 2.26. The minimum atomic E-state index is -0.893. The van der Waals surface area contributed by atoms with E-state index in [0.717, 1.165) is 42.7 Å². The van der Waals surface area contributed by atoms with E-state index in [9.17, 15) is 19.2 Å². The van der Waals surface area contributed by atoms with Crippen LogP contribution < -0.4 is 15.6 Å². The number of hydrogen-bond donors (Lipinski definition) is 1. The molecule has 6 rings (SSSR count). The number of anilines is 1. The smallest absolute Gasteiger partial charge is 0.287 e. The maximum absolute atomic E-state index is 14.1. The maximum Gasteiger partial charge on any atom is 0.287 e. The average Bonchev–Trinajstić information content (AvgIpc) is 3.29. The van der Waals surface area contributed by atoms with Crippen molar-refractivity contribution in [3.05, 3.63) is 111 Å². The lowest BCUT2D eigenvalue weighted by Crippen LogP contribution is -2.50. The first-order chi connectivity index (χ1) is 21.9. The van der Waals surface area contributed by atoms with Gasteiger partial charge in [-0.15, -0.1) is 0 Å². The van der Waals surface area contributed by atoms with Crippen molar-refractivity contribution in [3.8, 4) is 0 Å². The molecule has 0 aliphatic carbocycles. The number of halogens is 1. The molecule has 2 saturated heterocycles. The standard InChI is InChI=1S/C35H35ClN4O5/c36-26-14-12-24(13-15-26)21-28(37-34(43)32-22-30(41)27-8-2-4-10-31(27)45-32)35(44)39-18-6-17-38(19-20-39)29-9-3-1-7-25(29)23-40-16-5-11-33(40)42/h1-4,7-10,12-15,22,28H,5-6,11,16-21,23H2,(H,37,43)/t28-/m1/s1. The van der Waals surface area contributed by atoms with Gasteiger partial charge in [0.05, 0.1) is 5.39 Å². The molecule has 9 nitrogen and oxygen atoms in total. The molecule has 2 aliphatic heterocycles. The fourth-order valence-corrected chi connectivity index (χ4v) is 6.26. The van der Waals surface area contributed by atoms with E-state index in [0.29, 0.717) is 48.6 Å². The molecule has 1 atom stereocenters. The largest absolute Gasteiger partial charge is 0.451 e. The second-order valence-corrected chi connectivity index (χ2v) is 12.0. The van der Waals surface area contributed by atoms with Crippen molar-refractivity contribution < 1.29 is 18.8 Å². The number of nitrogens with zero attached hydrogens (tertiary/aromatic N) is 3. The summed E-state index contributed by atoms with van der Waals surface area (Å²) in [6.07, 6.45) is 2.47. The van der Waals surface area contributed by atoms with E-state index < -0.39 is 11.9 Å². The average molecular weight is 627 g/mol. The molecule has 0 bridgehead atoms. The van der Waals surface area contributed by atoms with Crippen molar-refractivity contribution in [1.29, 1.82) is 0 Å². The van der Waals surface area contributed by atoms with Crippen molar-refractivity contribution in [2.45, 2.75) is 38.3 Å². The predicted octanol–water partition coefficient (Wildman–Crippen LogP) is 4.65. The van der Waals surface area contributed by atoms with Crippen LogP contribution >= 0.6 is 11.6 Å². The van der Waals surface area contributed by atoms with Crippen LogP contribution in [0.4, 0.5) is 5.69 Å². The zero-order valence-electron chi connectivity index (χ0n) is 24.9. The molecule has 2 aliphatic rings. The number of rotatable bonds is 8. The molecule has 0 unspecified atom stereocenters. The fourth-order valence-electron chi connectivity index (χ4n) is 6.13. The summed E-state index contributed by atoms with van der Waals surface area (Å²) in [4.78, 5) is 58.4. The van der Waals surface area contributed by atoms with E-state index >= 15 is 0 Å². The molecule has 10 heteroatoms. The zero-order valence-corrected chi connectivity index (χ0v) is 25.7. The van der Waals surface area contributed by atoms with Gasteiger partial charge in [0.15, 0.2) is 11.2 Å². The Morgan fingerprint density at radius 1 is 0.867 bits per heavy atom. The Morgan fingerprint density at radius 3 is 2.44 bits per heavy atom. The highest BCUT2D eigenvalue weighted by atomic mass is 35.5. The fraction of sp³-hybridized carbons (Fsp3) is 0.314. The van der Waals surface area contributed by atoms with Gasteiger partial charge in [0.1, 0.15) is 11.6 Å². The summed E-state index contributed by atoms with van der Waals surface area (Å²) < 4.78 is 5.76. The molecule has 0 radical (unpaired) electrons. The Hall–Kier alpha value is -4.63. The van der Waals surface area contributed by atoms with Crippen molar-refractivity contribution in [3.63, 3.8) is 0 Å². The number of benzene rings is 3. The van der Waals surface area contributed by atoms with Crippen LogP contribution in [0.15, 0.2) is 88.1 Å². The molecule has 1 N–H and O–H groups in total. The third-order valence-corrected chi connectivity index (χ3v) is 8.74. The quantitative estimate of drug-likeness (QED) is 0.306. The molecule has 3 aromatic carbocycles. The summed E-state index contributed by atoms with van der Waals surface area (Å²) in [7, 11) is 0. The highest BCUT2D eigenvalue weighted by molar-refractivity contribution is 6.30. The third kappa shape index (κ3) is 7.04. The van der Waals surface area contributed by atoms with Crippen molar-refractivity contribution >= 4 is 46.0 Å². The Balaban J connectivity index is 1.20. The molecule has 3 heterocycles. The van der Waals surface area contributed by atoms with Crippen LogP contribution in [0.1, 0.15) is 40.9 Å². The normalized spacial score (nSPS) is 16.1. The second-order valence-electron chi connectivity index (χ2n) is 11.5. The van der Waals surface area contributed by atoms with E-state index in [1.807, 2.05) is 29.2 Å². The Labute approximate surface area is 266 Å². The zero-order chi connectivity index (χ0) is 31.3. The van der Waals surface area contributed by atoms with Gasteiger partial charge < -0.3 is 24.4 Å². The summed E-state index contributed by atoms with van der Waals surface area (Å²) in [6.45, 7) is 3.71. The van der Waals surface area contributed by atoms with Gasteiger partial charge in [-0.2, -0.15) is 0 Å². The maximum atomic E-state index is 14.1. The summed E-state index contributed by atoms with van der Waals surface area (Å²) in [5.74, 6) is -0.803. The molecule has 3 amide bonds. The van der Waals surface area contributed by atoms with Crippen molar-refractivity contribution in [1.82, 2.24) is 15.1 Å². The lowest BCUT2D eigenvalue weighted by Gasteiger charge is -2.29. The molecule has 45 heavy (non-hydrogen) atoms. The number of carbonyl (C=O) groups is 3. The number of carbonyl (C=O) groups excluding carboxylic acids is 3. The first kappa shape index (κ1) is 30.4. The molecule has 4 aromatic rings. The number of nitrogens with one attached hydrogen (secondary N) is 1. The molecular formula is C35H35ClN4O5. The van der Waals surface area contributed by atoms with E-state index in [1.165, 1.54) is 6.07 Å². The Bertz CT molecular complexity index is 1770. The third-order valence-electron chi connectivity index (χ3n) is 8.49. The van der Waals surface area contributed by atoms with Crippen LogP contribution in [0.5, 0.6) is 0 Å². The van der Waals surface area contributed by atoms with Crippen molar-refractivity contribution in [2.75, 3.05) is 37.6 Å². The molecule has 2 fully saturated rings. The highest BCUT2D eigenvalue weighted by Gasteiger charge is 2.30. The topological polar surface area (TPSA) is 103 Å². The van der Waals surface area contributed by atoms with Gasteiger partial charge in [-0.1, -0.05) is 54.1 Å². The van der Waals surface area contributed by atoms with Gasteiger partial charge >= 0.3 is 0 Å². The van der Waals surface area contributed by atoms with Crippen LogP contribution in [0.2, 0.25) is 5.02 Å². The first-order valence-electron chi connectivity index (χ1n) is 15.3. The first-order valence-corrected chi connectivity index (χ1v) is 15.7.